The summed E-state index contributed by atoms with van der Waals surface area (Å²) >= 11 is 3.40. The van der Waals surface area contributed by atoms with Gasteiger partial charge in [0, 0.05) is 9.86 Å². The van der Waals surface area contributed by atoms with Gasteiger partial charge in [-0.3, -0.25) is 4.79 Å². The average Bonchev–Trinajstić information content (AvgIpc) is 2.96. The predicted octanol–water partition coefficient (Wildman–Crippen LogP) is 4.31. The summed E-state index contributed by atoms with van der Waals surface area (Å²) in [6.07, 6.45) is 0. The summed E-state index contributed by atoms with van der Waals surface area (Å²) in [5.41, 5.74) is 1.87. The largest absolute Gasteiger partial charge is 0.492 e. The maximum absolute atomic E-state index is 12.1. The lowest BCUT2D eigenvalue weighted by atomic mass is 10.2. The molecule has 0 spiro atoms. The first-order chi connectivity index (χ1) is 11.1. The molecule has 1 aromatic heterocycles. The monoisotopic (exact) mass is 373 g/mol. The molecule has 2 aromatic carbocycles. The van der Waals surface area contributed by atoms with Gasteiger partial charge < -0.3 is 14.5 Å². The molecule has 3 rings (SSSR count). The number of rotatable bonds is 5. The number of benzene rings is 2. The van der Waals surface area contributed by atoms with Crippen LogP contribution in [-0.2, 0) is 0 Å². The maximum atomic E-state index is 12.1. The molecule has 0 bridgehead atoms. The van der Waals surface area contributed by atoms with E-state index in [1.807, 2.05) is 49.4 Å². The van der Waals surface area contributed by atoms with Crippen LogP contribution >= 0.6 is 15.9 Å². The number of carbonyl (C=O) groups is 1. The Morgan fingerprint density at radius 3 is 2.74 bits per heavy atom. The number of aryl methyl sites for hydroxylation is 1. The molecule has 0 fully saturated rings. The first-order valence-corrected chi connectivity index (χ1v) is 8.08. The Morgan fingerprint density at radius 1 is 1.17 bits per heavy atom. The third kappa shape index (κ3) is 3.93. The van der Waals surface area contributed by atoms with E-state index in [1.54, 1.807) is 6.07 Å². The van der Waals surface area contributed by atoms with Crippen molar-refractivity contribution in [1.29, 1.82) is 0 Å². The number of halogens is 1. The van der Waals surface area contributed by atoms with Gasteiger partial charge in [0.05, 0.1) is 6.54 Å². The van der Waals surface area contributed by atoms with Gasteiger partial charge in [0.1, 0.15) is 17.9 Å². The number of furan rings is 1. The number of amides is 1. The highest BCUT2D eigenvalue weighted by molar-refractivity contribution is 9.10. The molecule has 0 saturated carbocycles. The van der Waals surface area contributed by atoms with Crippen molar-refractivity contribution in [3.05, 3.63) is 64.3 Å². The van der Waals surface area contributed by atoms with Crippen molar-refractivity contribution in [2.45, 2.75) is 6.92 Å². The quantitative estimate of drug-likeness (QED) is 0.677. The van der Waals surface area contributed by atoms with Crippen molar-refractivity contribution < 1.29 is 13.9 Å². The fourth-order valence-electron chi connectivity index (χ4n) is 2.18. The standard InChI is InChI=1S/C18H16BrNO3/c1-12-2-5-15(6-3-12)22-9-8-20-18(21)17-11-13-10-14(19)4-7-16(13)23-17/h2-7,10-11H,8-9H2,1H3,(H,20,21). The minimum absolute atomic E-state index is 0.246. The van der Waals surface area contributed by atoms with Gasteiger partial charge in [0.15, 0.2) is 5.76 Å². The van der Waals surface area contributed by atoms with Crippen LogP contribution in [0.15, 0.2) is 57.4 Å². The summed E-state index contributed by atoms with van der Waals surface area (Å²) in [6.45, 7) is 2.84. The van der Waals surface area contributed by atoms with E-state index in [9.17, 15) is 4.79 Å². The minimum Gasteiger partial charge on any atom is -0.492 e. The first-order valence-electron chi connectivity index (χ1n) is 7.28. The summed E-state index contributed by atoms with van der Waals surface area (Å²) in [5, 5.41) is 3.68. The Balaban J connectivity index is 1.53. The number of carbonyl (C=O) groups excluding carboxylic acids is 1. The van der Waals surface area contributed by atoms with E-state index in [4.69, 9.17) is 9.15 Å². The van der Waals surface area contributed by atoms with E-state index in [0.717, 1.165) is 15.6 Å². The van der Waals surface area contributed by atoms with Crippen molar-refractivity contribution in [3.8, 4) is 5.75 Å². The summed E-state index contributed by atoms with van der Waals surface area (Å²) in [6, 6.07) is 15.1. The molecule has 0 aliphatic heterocycles. The summed E-state index contributed by atoms with van der Waals surface area (Å²) in [5.74, 6) is 0.844. The zero-order valence-corrected chi connectivity index (χ0v) is 14.2. The van der Waals surface area contributed by atoms with Gasteiger partial charge in [-0.2, -0.15) is 0 Å². The van der Waals surface area contributed by atoms with Crippen LogP contribution in [-0.4, -0.2) is 19.1 Å². The third-order valence-electron chi connectivity index (χ3n) is 3.38. The van der Waals surface area contributed by atoms with Crippen molar-refractivity contribution in [1.82, 2.24) is 5.32 Å². The smallest absolute Gasteiger partial charge is 0.287 e. The van der Waals surface area contributed by atoms with Crippen LogP contribution < -0.4 is 10.1 Å². The Labute approximate surface area is 142 Å². The Morgan fingerprint density at radius 2 is 1.96 bits per heavy atom. The highest BCUT2D eigenvalue weighted by Gasteiger charge is 2.11. The van der Waals surface area contributed by atoms with Crippen LogP contribution in [0.4, 0.5) is 0 Å². The van der Waals surface area contributed by atoms with Gasteiger partial charge in [-0.1, -0.05) is 33.6 Å². The van der Waals surface area contributed by atoms with E-state index in [1.165, 1.54) is 5.56 Å². The molecule has 0 atom stereocenters. The lowest BCUT2D eigenvalue weighted by Gasteiger charge is -2.07. The molecule has 5 heteroatoms. The normalized spacial score (nSPS) is 10.7. The maximum Gasteiger partial charge on any atom is 0.287 e. The molecule has 3 aromatic rings. The SMILES string of the molecule is Cc1ccc(OCCNC(=O)c2cc3cc(Br)ccc3o2)cc1. The fourth-order valence-corrected chi connectivity index (χ4v) is 2.56. The summed E-state index contributed by atoms with van der Waals surface area (Å²) in [7, 11) is 0. The van der Waals surface area contributed by atoms with Crippen LogP contribution in [0.3, 0.4) is 0 Å². The molecular formula is C18H16BrNO3. The molecule has 0 aliphatic carbocycles. The number of nitrogens with one attached hydrogen (secondary N) is 1. The molecule has 1 N–H and O–H groups in total. The van der Waals surface area contributed by atoms with Gasteiger partial charge in [0.25, 0.3) is 5.91 Å². The Bertz CT molecular complexity index is 824. The van der Waals surface area contributed by atoms with Crippen LogP contribution in [0, 0.1) is 6.92 Å². The molecule has 1 heterocycles. The van der Waals surface area contributed by atoms with Crippen molar-refractivity contribution in [2.75, 3.05) is 13.2 Å². The van der Waals surface area contributed by atoms with Crippen LogP contribution in [0.2, 0.25) is 0 Å². The molecule has 4 nitrogen and oxygen atoms in total. The second kappa shape index (κ2) is 6.87. The van der Waals surface area contributed by atoms with E-state index in [0.29, 0.717) is 24.5 Å². The first kappa shape index (κ1) is 15.6. The van der Waals surface area contributed by atoms with Crippen LogP contribution in [0.1, 0.15) is 16.1 Å². The summed E-state index contributed by atoms with van der Waals surface area (Å²) in [4.78, 5) is 12.1. The average molecular weight is 374 g/mol. The van der Waals surface area contributed by atoms with Crippen LogP contribution in [0.5, 0.6) is 5.75 Å². The van der Waals surface area contributed by atoms with Crippen molar-refractivity contribution in [2.24, 2.45) is 0 Å². The molecule has 0 aliphatic rings. The molecule has 23 heavy (non-hydrogen) atoms. The molecule has 118 valence electrons. The van der Waals surface area contributed by atoms with Gasteiger partial charge in [0.2, 0.25) is 0 Å². The van der Waals surface area contributed by atoms with E-state index >= 15 is 0 Å². The van der Waals surface area contributed by atoms with Gasteiger partial charge in [-0.05, 0) is 43.3 Å². The molecular weight excluding hydrogens is 358 g/mol. The highest BCUT2D eigenvalue weighted by Crippen LogP contribution is 2.23. The topological polar surface area (TPSA) is 51.5 Å². The molecule has 1 amide bonds. The Kier molecular flexibility index (Phi) is 4.67. The number of ether oxygens (including phenoxy) is 1. The zero-order valence-electron chi connectivity index (χ0n) is 12.6. The van der Waals surface area contributed by atoms with E-state index in [2.05, 4.69) is 21.2 Å². The predicted molar refractivity (Wildman–Crippen MR) is 92.9 cm³/mol. The van der Waals surface area contributed by atoms with Crippen molar-refractivity contribution >= 4 is 32.8 Å². The van der Waals surface area contributed by atoms with Gasteiger partial charge in [-0.25, -0.2) is 0 Å². The summed E-state index contributed by atoms with van der Waals surface area (Å²) < 4.78 is 12.1. The van der Waals surface area contributed by atoms with E-state index < -0.39 is 0 Å². The lowest BCUT2D eigenvalue weighted by molar-refractivity contribution is 0.0921. The Hall–Kier alpha value is -2.27. The van der Waals surface area contributed by atoms with Crippen LogP contribution in [0.25, 0.3) is 11.0 Å². The van der Waals surface area contributed by atoms with Gasteiger partial charge in [-0.15, -0.1) is 0 Å². The highest BCUT2D eigenvalue weighted by atomic mass is 79.9. The molecule has 0 radical (unpaired) electrons. The number of hydrogen-bond donors (Lipinski definition) is 1. The number of fused-ring (bicyclic) bond motifs is 1. The van der Waals surface area contributed by atoms with Gasteiger partial charge >= 0.3 is 0 Å². The molecule has 0 unspecified atom stereocenters. The molecule has 0 saturated heterocycles. The third-order valence-corrected chi connectivity index (χ3v) is 3.87. The number of hydrogen-bond acceptors (Lipinski definition) is 3. The zero-order chi connectivity index (χ0) is 16.2. The van der Waals surface area contributed by atoms with Crippen molar-refractivity contribution in [3.63, 3.8) is 0 Å². The minimum atomic E-state index is -0.246. The lowest BCUT2D eigenvalue weighted by Crippen LogP contribution is -2.27. The van der Waals surface area contributed by atoms with E-state index in [-0.39, 0.29) is 5.91 Å². The fraction of sp³-hybridized carbons (Fsp3) is 0.167. The second-order valence-corrected chi connectivity index (χ2v) is 6.13. The second-order valence-electron chi connectivity index (χ2n) is 5.21.